The Labute approximate surface area is 186 Å². The molecule has 166 valence electrons. The third kappa shape index (κ3) is 6.47. The van der Waals surface area contributed by atoms with Crippen molar-refractivity contribution in [3.05, 3.63) is 59.7 Å². The van der Waals surface area contributed by atoms with E-state index >= 15 is 0 Å². The summed E-state index contributed by atoms with van der Waals surface area (Å²) >= 11 is 0. The van der Waals surface area contributed by atoms with Gasteiger partial charge in [0.15, 0.2) is 0 Å². The highest BCUT2D eigenvalue weighted by molar-refractivity contribution is 5.81. The zero-order valence-electron chi connectivity index (χ0n) is 18.5. The molecule has 0 atom stereocenters. The van der Waals surface area contributed by atoms with Crippen LogP contribution in [-0.4, -0.2) is 61.6 Å². The van der Waals surface area contributed by atoms with Gasteiger partial charge in [-0.15, -0.1) is 0 Å². The lowest BCUT2D eigenvalue weighted by Crippen LogP contribution is -2.37. The number of nitrogens with one attached hydrogen (secondary N) is 1. The van der Waals surface area contributed by atoms with Gasteiger partial charge in [-0.2, -0.15) is 0 Å². The van der Waals surface area contributed by atoms with Crippen molar-refractivity contribution in [2.75, 3.05) is 51.2 Å². The Morgan fingerprint density at radius 2 is 1.68 bits per heavy atom. The first-order valence-corrected chi connectivity index (χ1v) is 11.8. The number of para-hydroxylation sites is 1. The average Bonchev–Trinajstić information content (AvgIpc) is 3.04. The van der Waals surface area contributed by atoms with Crippen LogP contribution in [0, 0.1) is 0 Å². The molecule has 1 fully saturated rings. The van der Waals surface area contributed by atoms with Gasteiger partial charge in [0, 0.05) is 25.3 Å². The monoisotopic (exact) mass is 421 g/mol. The normalized spacial score (nSPS) is 17.0. The van der Waals surface area contributed by atoms with Crippen molar-refractivity contribution < 1.29 is 9.53 Å². The summed E-state index contributed by atoms with van der Waals surface area (Å²) in [5.74, 6) is 1.12. The van der Waals surface area contributed by atoms with E-state index in [4.69, 9.17) is 4.74 Å². The van der Waals surface area contributed by atoms with Crippen molar-refractivity contribution >= 4 is 11.6 Å². The van der Waals surface area contributed by atoms with E-state index in [1.54, 1.807) is 0 Å². The number of hydrogen-bond donors (Lipinski definition) is 1. The maximum absolute atomic E-state index is 12.7. The van der Waals surface area contributed by atoms with E-state index in [0.29, 0.717) is 6.54 Å². The van der Waals surface area contributed by atoms with Crippen LogP contribution in [0.15, 0.2) is 48.5 Å². The van der Waals surface area contributed by atoms with Crippen molar-refractivity contribution in [3.8, 4) is 5.75 Å². The van der Waals surface area contributed by atoms with Gasteiger partial charge in [0.1, 0.15) is 5.75 Å². The maximum Gasteiger partial charge on any atom is 0.241 e. The van der Waals surface area contributed by atoms with Crippen LogP contribution < -0.4 is 10.1 Å². The molecule has 0 unspecified atom stereocenters. The summed E-state index contributed by atoms with van der Waals surface area (Å²) in [4.78, 5) is 17.2. The SMILES string of the molecule is O=C(CNc1ccccc1)N1CCc2ccc(OCCCN3CCCCC3)cc2CC1. The Bertz CT molecular complexity index is 834. The number of nitrogens with zero attached hydrogens (tertiary/aromatic N) is 2. The molecule has 4 rings (SSSR count). The molecule has 2 aromatic carbocycles. The standard InChI is InChI=1S/C26H35N3O2/c30-26(21-27-24-8-3-1-4-9-24)29-17-12-22-10-11-25(20-23(22)13-18-29)31-19-7-16-28-14-5-2-6-15-28/h1,3-4,8-11,20,27H,2,5-7,12-19,21H2. The minimum Gasteiger partial charge on any atom is -0.494 e. The molecule has 1 saturated heterocycles. The molecule has 0 saturated carbocycles. The van der Waals surface area contributed by atoms with Gasteiger partial charge in [-0.05, 0) is 80.6 Å². The Morgan fingerprint density at radius 3 is 2.48 bits per heavy atom. The van der Waals surface area contributed by atoms with E-state index in [1.165, 1.54) is 43.5 Å². The minimum absolute atomic E-state index is 0.158. The molecular weight excluding hydrogens is 386 g/mol. The lowest BCUT2D eigenvalue weighted by Gasteiger charge is -2.26. The first kappa shape index (κ1) is 21.7. The second kappa shape index (κ2) is 11.2. The summed E-state index contributed by atoms with van der Waals surface area (Å²) in [5, 5.41) is 3.23. The summed E-state index contributed by atoms with van der Waals surface area (Å²) in [5.41, 5.74) is 3.64. The predicted molar refractivity (Wildman–Crippen MR) is 126 cm³/mol. The molecule has 0 aliphatic carbocycles. The summed E-state index contributed by atoms with van der Waals surface area (Å²) in [6.45, 7) is 6.28. The molecule has 5 heteroatoms. The van der Waals surface area contributed by atoms with Crippen LogP contribution in [0.1, 0.15) is 36.8 Å². The van der Waals surface area contributed by atoms with Gasteiger partial charge in [-0.1, -0.05) is 30.7 Å². The summed E-state index contributed by atoms with van der Waals surface area (Å²) < 4.78 is 6.05. The zero-order valence-corrected chi connectivity index (χ0v) is 18.5. The average molecular weight is 422 g/mol. The number of amides is 1. The van der Waals surface area contributed by atoms with Crippen molar-refractivity contribution in [3.63, 3.8) is 0 Å². The minimum atomic E-state index is 0.158. The Kier molecular flexibility index (Phi) is 7.83. The van der Waals surface area contributed by atoms with Gasteiger partial charge in [0.2, 0.25) is 5.91 Å². The molecule has 31 heavy (non-hydrogen) atoms. The van der Waals surface area contributed by atoms with E-state index in [1.807, 2.05) is 35.2 Å². The van der Waals surface area contributed by atoms with Crippen LogP contribution in [-0.2, 0) is 17.6 Å². The highest BCUT2D eigenvalue weighted by Crippen LogP contribution is 2.22. The van der Waals surface area contributed by atoms with Gasteiger partial charge in [0.25, 0.3) is 0 Å². The van der Waals surface area contributed by atoms with Crippen LogP contribution in [0.4, 0.5) is 5.69 Å². The topological polar surface area (TPSA) is 44.8 Å². The van der Waals surface area contributed by atoms with Crippen LogP contribution in [0.5, 0.6) is 5.75 Å². The molecule has 1 N–H and O–H groups in total. The molecule has 0 bridgehead atoms. The van der Waals surface area contributed by atoms with Crippen LogP contribution in [0.2, 0.25) is 0 Å². The smallest absolute Gasteiger partial charge is 0.241 e. The Hall–Kier alpha value is -2.53. The van der Waals surface area contributed by atoms with E-state index in [-0.39, 0.29) is 5.91 Å². The van der Waals surface area contributed by atoms with E-state index < -0.39 is 0 Å². The first-order valence-electron chi connectivity index (χ1n) is 11.8. The van der Waals surface area contributed by atoms with Gasteiger partial charge in [-0.3, -0.25) is 4.79 Å². The maximum atomic E-state index is 12.7. The van der Waals surface area contributed by atoms with Gasteiger partial charge >= 0.3 is 0 Å². The van der Waals surface area contributed by atoms with Crippen molar-refractivity contribution in [2.24, 2.45) is 0 Å². The highest BCUT2D eigenvalue weighted by Gasteiger charge is 2.19. The van der Waals surface area contributed by atoms with Crippen LogP contribution in [0.3, 0.4) is 0 Å². The van der Waals surface area contributed by atoms with E-state index in [0.717, 1.165) is 56.9 Å². The van der Waals surface area contributed by atoms with E-state index in [9.17, 15) is 4.79 Å². The van der Waals surface area contributed by atoms with Crippen LogP contribution >= 0.6 is 0 Å². The molecule has 0 aromatic heterocycles. The molecule has 2 aromatic rings. The Balaban J connectivity index is 1.22. The highest BCUT2D eigenvalue weighted by atomic mass is 16.5. The van der Waals surface area contributed by atoms with Gasteiger partial charge < -0.3 is 19.9 Å². The number of hydrogen-bond acceptors (Lipinski definition) is 4. The number of piperidine rings is 1. The van der Waals surface area contributed by atoms with Crippen molar-refractivity contribution in [1.82, 2.24) is 9.80 Å². The molecule has 1 amide bonds. The lowest BCUT2D eigenvalue weighted by atomic mass is 10.0. The largest absolute Gasteiger partial charge is 0.494 e. The number of fused-ring (bicyclic) bond motifs is 1. The first-order chi connectivity index (χ1) is 15.3. The quantitative estimate of drug-likeness (QED) is 0.655. The number of rotatable bonds is 8. The number of carbonyl (C=O) groups excluding carboxylic acids is 1. The number of ether oxygens (including phenoxy) is 1. The van der Waals surface area contributed by atoms with Crippen molar-refractivity contribution in [2.45, 2.75) is 38.5 Å². The fourth-order valence-electron chi connectivity index (χ4n) is 4.55. The fraction of sp³-hybridized carbons (Fsp3) is 0.500. The second-order valence-electron chi connectivity index (χ2n) is 8.64. The molecule has 2 heterocycles. The van der Waals surface area contributed by atoms with E-state index in [2.05, 4.69) is 28.4 Å². The summed E-state index contributed by atoms with van der Waals surface area (Å²) in [6, 6.07) is 16.4. The molecule has 5 nitrogen and oxygen atoms in total. The third-order valence-electron chi connectivity index (χ3n) is 6.39. The van der Waals surface area contributed by atoms with Gasteiger partial charge in [-0.25, -0.2) is 0 Å². The number of carbonyl (C=O) groups is 1. The molecule has 2 aliphatic rings. The second-order valence-corrected chi connectivity index (χ2v) is 8.64. The predicted octanol–water partition coefficient (Wildman–Crippen LogP) is 3.98. The number of benzene rings is 2. The lowest BCUT2D eigenvalue weighted by molar-refractivity contribution is -0.129. The zero-order chi connectivity index (χ0) is 21.3. The van der Waals surface area contributed by atoms with Crippen molar-refractivity contribution in [1.29, 1.82) is 0 Å². The molecule has 0 radical (unpaired) electrons. The summed E-state index contributed by atoms with van der Waals surface area (Å²) in [7, 11) is 0. The third-order valence-corrected chi connectivity index (χ3v) is 6.39. The number of anilines is 1. The van der Waals surface area contributed by atoms with Crippen LogP contribution in [0.25, 0.3) is 0 Å². The molecule has 0 spiro atoms. The molecular formula is C26H35N3O2. The number of likely N-dealkylation sites (tertiary alicyclic amines) is 1. The Morgan fingerprint density at radius 1 is 0.903 bits per heavy atom. The molecule has 2 aliphatic heterocycles. The summed E-state index contributed by atoms with van der Waals surface area (Å²) in [6.07, 6.45) is 6.93. The fourth-order valence-corrected chi connectivity index (χ4v) is 4.55. The van der Waals surface area contributed by atoms with Gasteiger partial charge in [0.05, 0.1) is 13.2 Å².